The van der Waals surface area contributed by atoms with Gasteiger partial charge >= 0.3 is 5.97 Å². The van der Waals surface area contributed by atoms with E-state index in [1.807, 2.05) is 20.8 Å². The second-order valence-corrected chi connectivity index (χ2v) is 12.4. The summed E-state index contributed by atoms with van der Waals surface area (Å²) in [5.41, 5.74) is 2.00. The number of carbonyl (C=O) groups is 3. The molecule has 41 heavy (non-hydrogen) atoms. The summed E-state index contributed by atoms with van der Waals surface area (Å²) in [4.78, 5) is 41.7. The van der Waals surface area contributed by atoms with Crippen molar-refractivity contribution in [3.8, 4) is 0 Å². The lowest BCUT2D eigenvalue weighted by atomic mass is 9.87. The standard InChI is InChI=1S/C29H39N5O6S/c1-5-40-27(37)24(34-41(38,39)23-14-12-22(13-15-23)29(2,3)4)19-32-26(36)21-10-7-20(8-11-21)9-16-25(35)33-28-30-17-6-18-31-28/h7-8,10-15,24,34H,5-6,9,16-19H2,1-4H3,(H,32,36)(H2,30,31,33,35). The molecule has 11 nitrogen and oxygen atoms in total. The van der Waals surface area contributed by atoms with Crippen molar-refractivity contribution in [2.24, 2.45) is 4.99 Å². The Kier molecular flexibility index (Phi) is 11.0. The Morgan fingerprint density at radius 2 is 1.73 bits per heavy atom. The van der Waals surface area contributed by atoms with Crippen LogP contribution in [0.4, 0.5) is 0 Å². The van der Waals surface area contributed by atoms with Crippen LogP contribution < -0.4 is 20.7 Å². The topological polar surface area (TPSA) is 155 Å². The fourth-order valence-corrected chi connectivity index (χ4v) is 5.18. The first-order valence-corrected chi connectivity index (χ1v) is 15.1. The molecular formula is C29H39N5O6S. The largest absolute Gasteiger partial charge is 0.465 e. The van der Waals surface area contributed by atoms with Crippen molar-refractivity contribution < 1.29 is 27.5 Å². The van der Waals surface area contributed by atoms with Gasteiger partial charge in [-0.1, -0.05) is 45.0 Å². The monoisotopic (exact) mass is 585 g/mol. The van der Waals surface area contributed by atoms with Crippen LogP contribution in [0.5, 0.6) is 0 Å². The Bertz CT molecular complexity index is 1350. The van der Waals surface area contributed by atoms with E-state index in [-0.39, 0.29) is 35.8 Å². The molecule has 0 radical (unpaired) electrons. The SMILES string of the molecule is CCOC(=O)C(CNC(=O)c1ccc(CCC(=O)NC2=NCCCN2)cc1)NS(=O)(=O)c1ccc(C(C)(C)C)cc1. The maximum atomic E-state index is 13.0. The van der Waals surface area contributed by atoms with Crippen molar-refractivity contribution >= 4 is 33.8 Å². The van der Waals surface area contributed by atoms with Gasteiger partial charge < -0.3 is 15.4 Å². The predicted octanol–water partition coefficient (Wildman–Crippen LogP) is 2.02. The number of hydrogen-bond donors (Lipinski definition) is 4. The van der Waals surface area contributed by atoms with Crippen LogP contribution in [0.3, 0.4) is 0 Å². The van der Waals surface area contributed by atoms with Crippen LogP contribution >= 0.6 is 0 Å². The molecule has 1 unspecified atom stereocenters. The van der Waals surface area contributed by atoms with Gasteiger partial charge in [0.2, 0.25) is 15.9 Å². The van der Waals surface area contributed by atoms with Gasteiger partial charge in [-0.25, -0.2) is 8.42 Å². The number of aryl methyl sites for hydroxylation is 1. The highest BCUT2D eigenvalue weighted by atomic mass is 32.2. The highest BCUT2D eigenvalue weighted by Crippen LogP contribution is 2.23. The van der Waals surface area contributed by atoms with E-state index in [0.717, 1.165) is 24.1 Å². The lowest BCUT2D eigenvalue weighted by Gasteiger charge is -2.20. The first-order valence-electron chi connectivity index (χ1n) is 13.6. The minimum atomic E-state index is -4.07. The molecule has 0 aliphatic carbocycles. The number of benzene rings is 2. The van der Waals surface area contributed by atoms with Gasteiger partial charge in [0.1, 0.15) is 6.04 Å². The van der Waals surface area contributed by atoms with Crippen molar-refractivity contribution in [2.45, 2.75) is 63.3 Å². The molecule has 1 aliphatic rings. The molecule has 1 heterocycles. The number of guanidine groups is 1. The number of hydrogen-bond acceptors (Lipinski definition) is 8. The molecule has 4 N–H and O–H groups in total. The molecule has 2 amide bonds. The van der Waals surface area contributed by atoms with Crippen LogP contribution in [0.2, 0.25) is 0 Å². The summed E-state index contributed by atoms with van der Waals surface area (Å²) in [5, 5.41) is 8.39. The van der Waals surface area contributed by atoms with Crippen LogP contribution in [-0.4, -0.2) is 64.4 Å². The number of nitrogens with zero attached hydrogens (tertiary/aromatic N) is 1. The molecule has 0 saturated heterocycles. The van der Waals surface area contributed by atoms with Crippen LogP contribution in [0.1, 0.15) is 62.0 Å². The maximum Gasteiger partial charge on any atom is 0.326 e. The fraction of sp³-hybridized carbons (Fsp3) is 0.448. The first-order chi connectivity index (χ1) is 19.4. The maximum absolute atomic E-state index is 13.0. The lowest BCUT2D eigenvalue weighted by Crippen LogP contribution is -2.49. The van der Waals surface area contributed by atoms with E-state index in [0.29, 0.717) is 24.5 Å². The van der Waals surface area contributed by atoms with Crippen molar-refractivity contribution in [1.82, 2.24) is 20.7 Å². The molecule has 1 atom stereocenters. The molecule has 0 aromatic heterocycles. The Balaban J connectivity index is 1.58. The van der Waals surface area contributed by atoms with E-state index in [4.69, 9.17) is 4.74 Å². The molecule has 0 spiro atoms. The minimum absolute atomic E-state index is 0.00149. The normalized spacial score (nSPS) is 14.3. The molecular weight excluding hydrogens is 546 g/mol. The Hall–Kier alpha value is -3.77. The molecule has 0 fully saturated rings. The zero-order valence-electron chi connectivity index (χ0n) is 24.0. The summed E-state index contributed by atoms with van der Waals surface area (Å²) in [7, 11) is -4.07. The van der Waals surface area contributed by atoms with Crippen LogP contribution in [0.25, 0.3) is 0 Å². The Morgan fingerprint density at radius 1 is 1.05 bits per heavy atom. The number of ether oxygens (including phenoxy) is 1. The van der Waals surface area contributed by atoms with Crippen molar-refractivity contribution in [3.63, 3.8) is 0 Å². The third kappa shape index (κ3) is 9.68. The highest BCUT2D eigenvalue weighted by Gasteiger charge is 2.28. The lowest BCUT2D eigenvalue weighted by molar-refractivity contribution is -0.144. The van der Waals surface area contributed by atoms with Crippen LogP contribution in [0, 0.1) is 0 Å². The number of aliphatic imine (C=N–C) groups is 1. The summed E-state index contributed by atoms with van der Waals surface area (Å²) >= 11 is 0. The van der Waals surface area contributed by atoms with Gasteiger partial charge in [-0.2, -0.15) is 4.72 Å². The van der Waals surface area contributed by atoms with Crippen molar-refractivity contribution in [2.75, 3.05) is 26.2 Å². The quantitative estimate of drug-likeness (QED) is 0.294. The number of rotatable bonds is 11. The first kappa shape index (κ1) is 31.8. The van der Waals surface area contributed by atoms with E-state index in [9.17, 15) is 22.8 Å². The predicted molar refractivity (Wildman–Crippen MR) is 156 cm³/mol. The van der Waals surface area contributed by atoms with Gasteiger partial charge in [-0.3, -0.25) is 24.7 Å². The van der Waals surface area contributed by atoms with Gasteiger partial charge in [0.05, 0.1) is 11.5 Å². The zero-order chi connectivity index (χ0) is 30.0. The zero-order valence-corrected chi connectivity index (χ0v) is 24.8. The average Bonchev–Trinajstić information content (AvgIpc) is 2.94. The molecule has 0 bridgehead atoms. The molecule has 2 aromatic carbocycles. The molecule has 222 valence electrons. The molecule has 12 heteroatoms. The van der Waals surface area contributed by atoms with E-state index >= 15 is 0 Å². The molecule has 3 rings (SSSR count). The second-order valence-electron chi connectivity index (χ2n) is 10.7. The van der Waals surface area contributed by atoms with Gasteiger partial charge in [-0.05, 0) is 60.6 Å². The smallest absolute Gasteiger partial charge is 0.326 e. The summed E-state index contributed by atoms with van der Waals surface area (Å²) < 4.78 is 33.4. The number of nitrogens with one attached hydrogen (secondary N) is 4. The second kappa shape index (κ2) is 14.2. The van der Waals surface area contributed by atoms with Gasteiger partial charge in [0.15, 0.2) is 5.96 Å². The van der Waals surface area contributed by atoms with E-state index in [1.54, 1.807) is 43.3 Å². The third-order valence-electron chi connectivity index (χ3n) is 6.38. The Morgan fingerprint density at radius 3 is 2.32 bits per heavy atom. The van der Waals surface area contributed by atoms with Crippen molar-refractivity contribution in [3.05, 3.63) is 65.2 Å². The third-order valence-corrected chi connectivity index (χ3v) is 7.87. The van der Waals surface area contributed by atoms with E-state index in [1.165, 1.54) is 12.1 Å². The highest BCUT2D eigenvalue weighted by molar-refractivity contribution is 7.89. The van der Waals surface area contributed by atoms with Crippen molar-refractivity contribution in [1.29, 1.82) is 0 Å². The average molecular weight is 586 g/mol. The summed E-state index contributed by atoms with van der Waals surface area (Å²) in [6, 6.07) is 11.8. The van der Waals surface area contributed by atoms with Gasteiger partial charge in [-0.15, -0.1) is 0 Å². The molecule has 0 saturated carbocycles. The number of esters is 1. The fourth-order valence-electron chi connectivity index (χ4n) is 3.99. The summed E-state index contributed by atoms with van der Waals surface area (Å²) in [5.74, 6) is -0.947. The van der Waals surface area contributed by atoms with E-state index in [2.05, 4.69) is 25.7 Å². The van der Waals surface area contributed by atoms with Crippen LogP contribution in [0.15, 0.2) is 58.4 Å². The summed E-state index contributed by atoms with van der Waals surface area (Å²) in [6.07, 6.45) is 1.67. The number of sulfonamides is 1. The van der Waals surface area contributed by atoms with E-state index < -0.39 is 27.9 Å². The minimum Gasteiger partial charge on any atom is -0.465 e. The Labute approximate surface area is 241 Å². The number of amides is 2. The molecule has 2 aromatic rings. The van der Waals surface area contributed by atoms with Gasteiger partial charge in [0.25, 0.3) is 5.91 Å². The van der Waals surface area contributed by atoms with Crippen LogP contribution in [-0.2, 0) is 36.2 Å². The summed E-state index contributed by atoms with van der Waals surface area (Å²) in [6.45, 7) is 8.88. The van der Waals surface area contributed by atoms with Gasteiger partial charge in [0, 0.05) is 31.6 Å². The molecule has 1 aliphatic heterocycles. The number of carbonyl (C=O) groups excluding carboxylic acids is 3.